The normalized spacial score (nSPS) is 11.4. The first kappa shape index (κ1) is 16.7. The van der Waals surface area contributed by atoms with Gasteiger partial charge < -0.3 is 5.32 Å². The van der Waals surface area contributed by atoms with Crippen molar-refractivity contribution in [2.45, 2.75) is 6.18 Å². The first-order valence-electron chi connectivity index (χ1n) is 7.28. The molecule has 0 fully saturated rings. The van der Waals surface area contributed by atoms with Gasteiger partial charge in [-0.1, -0.05) is 18.2 Å². The minimum absolute atomic E-state index is 0.0491. The highest BCUT2D eigenvalue weighted by atomic mass is 19.4. The summed E-state index contributed by atoms with van der Waals surface area (Å²) < 4.78 is 41.2. The molecular formula is C17H13F3N4O. The minimum Gasteiger partial charge on any atom is -0.305 e. The van der Waals surface area contributed by atoms with Crippen LogP contribution in [0, 0.1) is 0 Å². The third-order valence-electron chi connectivity index (χ3n) is 3.51. The van der Waals surface area contributed by atoms with Crippen LogP contribution in [0.15, 0.2) is 55.0 Å². The van der Waals surface area contributed by atoms with Crippen LogP contribution in [0.5, 0.6) is 0 Å². The number of benzene rings is 1. The maximum atomic E-state index is 13.3. The number of hydrogen-bond donors (Lipinski definition) is 1. The van der Waals surface area contributed by atoms with Crippen LogP contribution < -0.4 is 5.32 Å². The van der Waals surface area contributed by atoms with E-state index in [1.807, 2.05) is 0 Å². The van der Waals surface area contributed by atoms with Crippen LogP contribution in [0.1, 0.15) is 15.9 Å². The van der Waals surface area contributed by atoms with Crippen molar-refractivity contribution in [1.29, 1.82) is 0 Å². The maximum Gasteiger partial charge on any atom is 0.417 e. The fraction of sp³-hybridized carbons (Fsp3) is 0.118. The zero-order chi connectivity index (χ0) is 18.0. The van der Waals surface area contributed by atoms with E-state index < -0.39 is 17.6 Å². The van der Waals surface area contributed by atoms with E-state index >= 15 is 0 Å². The molecule has 3 aromatic rings. The van der Waals surface area contributed by atoms with Crippen LogP contribution >= 0.6 is 0 Å². The lowest BCUT2D eigenvalue weighted by Crippen LogP contribution is -2.14. The fourth-order valence-corrected chi connectivity index (χ4v) is 2.42. The highest BCUT2D eigenvalue weighted by Crippen LogP contribution is 2.39. The van der Waals surface area contributed by atoms with Gasteiger partial charge in [0.25, 0.3) is 5.91 Å². The largest absolute Gasteiger partial charge is 0.417 e. The molecule has 8 heteroatoms. The van der Waals surface area contributed by atoms with Crippen LogP contribution in [0.4, 0.5) is 19.0 Å². The number of rotatable bonds is 3. The molecule has 2 heterocycles. The molecule has 0 atom stereocenters. The van der Waals surface area contributed by atoms with Gasteiger partial charge in [0.15, 0.2) is 5.82 Å². The van der Waals surface area contributed by atoms with Crippen molar-refractivity contribution < 1.29 is 18.0 Å². The van der Waals surface area contributed by atoms with Crippen LogP contribution in [0.3, 0.4) is 0 Å². The topological polar surface area (TPSA) is 59.8 Å². The Bertz CT molecular complexity index is 904. The van der Waals surface area contributed by atoms with Crippen molar-refractivity contribution >= 4 is 11.7 Å². The third kappa shape index (κ3) is 3.52. The maximum absolute atomic E-state index is 13.3. The molecule has 3 rings (SSSR count). The van der Waals surface area contributed by atoms with Crippen LogP contribution in [-0.4, -0.2) is 20.7 Å². The Balaban J connectivity index is 2.02. The van der Waals surface area contributed by atoms with Gasteiger partial charge in [-0.3, -0.25) is 14.5 Å². The fourth-order valence-electron chi connectivity index (χ4n) is 2.42. The highest BCUT2D eigenvalue weighted by molar-refractivity contribution is 6.05. The Kier molecular flexibility index (Phi) is 4.26. The van der Waals surface area contributed by atoms with Crippen molar-refractivity contribution in [3.05, 3.63) is 66.1 Å². The van der Waals surface area contributed by atoms with Gasteiger partial charge in [-0.15, -0.1) is 0 Å². The summed E-state index contributed by atoms with van der Waals surface area (Å²) in [5.41, 5.74) is -0.375. The van der Waals surface area contributed by atoms with E-state index in [4.69, 9.17) is 0 Å². The minimum atomic E-state index is -4.52. The molecule has 0 saturated heterocycles. The Morgan fingerprint density at radius 3 is 2.56 bits per heavy atom. The molecule has 0 aliphatic heterocycles. The summed E-state index contributed by atoms with van der Waals surface area (Å²) in [6.45, 7) is 0. The standard InChI is InChI=1S/C17H13F3N4O/c1-24-10-13(12-6-2-3-7-14(12)17(18,19)20)15(23-24)22-16(25)11-5-4-8-21-9-11/h2-10H,1H3,(H,22,23,25). The van der Waals surface area contributed by atoms with Crippen molar-refractivity contribution in [2.75, 3.05) is 5.32 Å². The quantitative estimate of drug-likeness (QED) is 0.786. The molecule has 0 radical (unpaired) electrons. The van der Waals surface area contributed by atoms with Crippen LogP contribution in [-0.2, 0) is 13.2 Å². The third-order valence-corrected chi connectivity index (χ3v) is 3.51. The first-order valence-corrected chi connectivity index (χ1v) is 7.28. The number of halogens is 3. The monoisotopic (exact) mass is 346 g/mol. The second-order valence-electron chi connectivity index (χ2n) is 5.30. The van der Waals surface area contributed by atoms with Gasteiger partial charge in [0.2, 0.25) is 0 Å². The van der Waals surface area contributed by atoms with Crippen molar-refractivity contribution in [2.24, 2.45) is 7.05 Å². The van der Waals surface area contributed by atoms with Crippen LogP contribution in [0.2, 0.25) is 0 Å². The average Bonchev–Trinajstić information content (AvgIpc) is 2.95. The molecule has 0 saturated carbocycles. The summed E-state index contributed by atoms with van der Waals surface area (Å²) >= 11 is 0. The molecule has 5 nitrogen and oxygen atoms in total. The van der Waals surface area contributed by atoms with Gasteiger partial charge in [0.05, 0.1) is 11.1 Å². The van der Waals surface area contributed by atoms with Gasteiger partial charge in [0, 0.05) is 31.2 Å². The molecule has 128 valence electrons. The molecule has 0 bridgehead atoms. The SMILES string of the molecule is Cn1cc(-c2ccccc2C(F)(F)F)c(NC(=O)c2cccnc2)n1. The predicted molar refractivity (Wildman–Crippen MR) is 85.8 cm³/mol. The molecule has 0 unspecified atom stereocenters. The van der Waals surface area contributed by atoms with E-state index in [9.17, 15) is 18.0 Å². The molecule has 1 amide bonds. The second-order valence-corrected chi connectivity index (χ2v) is 5.30. The van der Waals surface area contributed by atoms with Gasteiger partial charge in [-0.25, -0.2) is 0 Å². The summed E-state index contributed by atoms with van der Waals surface area (Å²) in [4.78, 5) is 16.1. The molecule has 1 N–H and O–H groups in total. The molecule has 25 heavy (non-hydrogen) atoms. The lowest BCUT2D eigenvalue weighted by molar-refractivity contribution is -0.137. The molecule has 0 aliphatic rings. The summed E-state index contributed by atoms with van der Waals surface area (Å²) in [6.07, 6.45) is -0.204. The highest BCUT2D eigenvalue weighted by Gasteiger charge is 2.34. The molecular weight excluding hydrogens is 333 g/mol. The Morgan fingerprint density at radius 2 is 1.88 bits per heavy atom. The Morgan fingerprint density at radius 1 is 1.12 bits per heavy atom. The smallest absolute Gasteiger partial charge is 0.305 e. The number of aromatic nitrogens is 3. The number of alkyl halides is 3. The van der Waals surface area contributed by atoms with Gasteiger partial charge in [0.1, 0.15) is 0 Å². The zero-order valence-corrected chi connectivity index (χ0v) is 13.1. The Labute approximate surface area is 141 Å². The van der Waals surface area contributed by atoms with Gasteiger partial charge >= 0.3 is 6.18 Å². The number of aryl methyl sites for hydroxylation is 1. The summed E-state index contributed by atoms with van der Waals surface area (Å²) in [7, 11) is 1.57. The second kappa shape index (κ2) is 6.39. The van der Waals surface area contributed by atoms with E-state index in [0.717, 1.165) is 6.07 Å². The summed E-state index contributed by atoms with van der Waals surface area (Å²) in [5.74, 6) is -0.453. The number of carbonyl (C=O) groups excluding carboxylic acids is 1. The number of amides is 1. The lowest BCUT2D eigenvalue weighted by atomic mass is 10.0. The van der Waals surface area contributed by atoms with Gasteiger partial charge in [-0.05, 0) is 23.8 Å². The van der Waals surface area contributed by atoms with Crippen LogP contribution in [0.25, 0.3) is 11.1 Å². The molecule has 0 aliphatic carbocycles. The zero-order valence-electron chi connectivity index (χ0n) is 13.1. The van der Waals surface area contributed by atoms with Crippen molar-refractivity contribution in [1.82, 2.24) is 14.8 Å². The summed E-state index contributed by atoms with van der Waals surface area (Å²) in [5, 5.41) is 6.62. The number of nitrogens with zero attached hydrogens (tertiary/aromatic N) is 3. The van der Waals surface area contributed by atoms with E-state index in [0.29, 0.717) is 0 Å². The number of nitrogens with one attached hydrogen (secondary N) is 1. The predicted octanol–water partition coefficient (Wildman–Crippen LogP) is 3.75. The van der Waals surface area contributed by atoms with E-state index in [1.165, 1.54) is 41.5 Å². The first-order chi connectivity index (χ1) is 11.9. The van der Waals surface area contributed by atoms with Crippen molar-refractivity contribution in [3.8, 4) is 11.1 Å². The van der Waals surface area contributed by atoms with E-state index in [2.05, 4.69) is 15.4 Å². The van der Waals surface area contributed by atoms with Crippen molar-refractivity contribution in [3.63, 3.8) is 0 Å². The molecule has 0 spiro atoms. The van der Waals surface area contributed by atoms with E-state index in [-0.39, 0.29) is 22.5 Å². The number of pyridine rings is 1. The number of carbonyl (C=O) groups is 1. The molecule has 1 aromatic carbocycles. The van der Waals surface area contributed by atoms with E-state index in [1.54, 1.807) is 19.2 Å². The number of hydrogen-bond acceptors (Lipinski definition) is 3. The lowest BCUT2D eigenvalue weighted by Gasteiger charge is -2.12. The number of anilines is 1. The Hall–Kier alpha value is -3.16. The molecule has 2 aromatic heterocycles. The summed E-state index contributed by atoms with van der Waals surface area (Å²) in [6, 6.07) is 8.30. The average molecular weight is 346 g/mol. The van der Waals surface area contributed by atoms with Gasteiger partial charge in [-0.2, -0.15) is 18.3 Å².